The molecule has 18 heavy (non-hydrogen) atoms. The van der Waals surface area contributed by atoms with Gasteiger partial charge in [0.2, 0.25) is 5.91 Å². The highest BCUT2D eigenvalue weighted by Crippen LogP contribution is 2.20. The van der Waals surface area contributed by atoms with Crippen molar-refractivity contribution in [2.24, 2.45) is 0 Å². The van der Waals surface area contributed by atoms with Crippen molar-refractivity contribution in [1.82, 2.24) is 10.2 Å². The number of halogens is 1. The third-order valence-electron chi connectivity index (χ3n) is 3.19. The van der Waals surface area contributed by atoms with E-state index < -0.39 is 5.54 Å². The van der Waals surface area contributed by atoms with Gasteiger partial charge in [0, 0.05) is 18.7 Å². The SMILES string of the molecule is CC1(C)C(=O)NCCN1C(=O)c1ccc(F)cc1. The Balaban J connectivity index is 2.28. The number of piperazine rings is 1. The molecule has 1 aliphatic heterocycles. The first-order valence-corrected chi connectivity index (χ1v) is 5.79. The molecule has 0 radical (unpaired) electrons. The average molecular weight is 250 g/mol. The van der Waals surface area contributed by atoms with Crippen LogP contribution in [0.15, 0.2) is 24.3 Å². The van der Waals surface area contributed by atoms with Gasteiger partial charge >= 0.3 is 0 Å². The lowest BCUT2D eigenvalue weighted by molar-refractivity contribution is -0.133. The molecule has 0 atom stereocenters. The standard InChI is InChI=1S/C13H15FN2O2/c1-13(2)12(18)15-7-8-16(13)11(17)9-3-5-10(14)6-4-9/h3-6H,7-8H2,1-2H3,(H,15,18). The summed E-state index contributed by atoms with van der Waals surface area (Å²) in [4.78, 5) is 25.6. The molecule has 0 aromatic heterocycles. The summed E-state index contributed by atoms with van der Waals surface area (Å²) in [5.74, 6) is -0.818. The molecule has 1 fully saturated rings. The maximum atomic E-state index is 12.8. The van der Waals surface area contributed by atoms with Crippen molar-refractivity contribution in [1.29, 1.82) is 0 Å². The number of rotatable bonds is 1. The van der Waals surface area contributed by atoms with E-state index >= 15 is 0 Å². The molecule has 5 heteroatoms. The summed E-state index contributed by atoms with van der Waals surface area (Å²) in [5, 5.41) is 2.72. The lowest BCUT2D eigenvalue weighted by Crippen LogP contribution is -2.63. The maximum absolute atomic E-state index is 12.8. The molecule has 1 N–H and O–H groups in total. The summed E-state index contributed by atoms with van der Waals surface area (Å²) in [5.41, 5.74) is -0.497. The second kappa shape index (κ2) is 4.40. The van der Waals surface area contributed by atoms with Crippen LogP contribution in [0.25, 0.3) is 0 Å². The summed E-state index contributed by atoms with van der Waals surface area (Å²) in [7, 11) is 0. The van der Waals surface area contributed by atoms with Gasteiger partial charge in [-0.1, -0.05) is 0 Å². The van der Waals surface area contributed by atoms with E-state index in [0.717, 1.165) is 0 Å². The number of carbonyl (C=O) groups excluding carboxylic acids is 2. The number of nitrogens with one attached hydrogen (secondary N) is 1. The number of nitrogens with zero attached hydrogens (tertiary/aromatic N) is 1. The third-order valence-corrected chi connectivity index (χ3v) is 3.19. The maximum Gasteiger partial charge on any atom is 0.254 e. The molecule has 1 aromatic rings. The van der Waals surface area contributed by atoms with Crippen LogP contribution in [0.3, 0.4) is 0 Å². The smallest absolute Gasteiger partial charge is 0.254 e. The second-order valence-electron chi connectivity index (χ2n) is 4.78. The summed E-state index contributed by atoms with van der Waals surface area (Å²) >= 11 is 0. The Bertz CT molecular complexity index is 482. The number of benzene rings is 1. The lowest BCUT2D eigenvalue weighted by atomic mass is 9.97. The molecule has 0 aliphatic carbocycles. The van der Waals surface area contributed by atoms with Crippen LogP contribution >= 0.6 is 0 Å². The summed E-state index contributed by atoms with van der Waals surface area (Å²) < 4.78 is 12.8. The Hall–Kier alpha value is -1.91. The molecule has 0 bridgehead atoms. The molecular formula is C13H15FN2O2. The Labute approximate surface area is 105 Å². The predicted octanol–water partition coefficient (Wildman–Crippen LogP) is 1.18. The Kier molecular flexibility index (Phi) is 3.07. The minimum Gasteiger partial charge on any atom is -0.352 e. The van der Waals surface area contributed by atoms with Gasteiger partial charge < -0.3 is 10.2 Å². The first-order valence-electron chi connectivity index (χ1n) is 5.79. The van der Waals surface area contributed by atoms with E-state index in [-0.39, 0.29) is 17.6 Å². The van der Waals surface area contributed by atoms with Crippen LogP contribution in [0.4, 0.5) is 4.39 Å². The molecule has 1 aromatic carbocycles. The summed E-state index contributed by atoms with van der Waals surface area (Å²) in [6.45, 7) is 4.29. The van der Waals surface area contributed by atoms with E-state index in [2.05, 4.69) is 5.32 Å². The summed E-state index contributed by atoms with van der Waals surface area (Å²) in [6, 6.07) is 5.34. The van der Waals surface area contributed by atoms with Crippen molar-refractivity contribution in [2.45, 2.75) is 19.4 Å². The van der Waals surface area contributed by atoms with Crippen LogP contribution in [0.2, 0.25) is 0 Å². The number of hydrogen-bond acceptors (Lipinski definition) is 2. The van der Waals surface area contributed by atoms with Gasteiger partial charge in [-0.2, -0.15) is 0 Å². The first-order chi connectivity index (χ1) is 8.43. The minimum atomic E-state index is -0.885. The van der Waals surface area contributed by atoms with Gasteiger partial charge in [0.15, 0.2) is 0 Å². The fourth-order valence-electron chi connectivity index (χ4n) is 2.00. The van der Waals surface area contributed by atoms with E-state index in [1.54, 1.807) is 13.8 Å². The van der Waals surface area contributed by atoms with Crippen LogP contribution in [0.5, 0.6) is 0 Å². The van der Waals surface area contributed by atoms with Crippen LogP contribution in [-0.4, -0.2) is 35.3 Å². The highest BCUT2D eigenvalue weighted by molar-refractivity contribution is 5.99. The average Bonchev–Trinajstić information content (AvgIpc) is 2.33. The van der Waals surface area contributed by atoms with Crippen molar-refractivity contribution in [3.05, 3.63) is 35.6 Å². The molecule has 1 heterocycles. The van der Waals surface area contributed by atoms with Crippen LogP contribution in [-0.2, 0) is 4.79 Å². The van der Waals surface area contributed by atoms with Crippen molar-refractivity contribution in [3.8, 4) is 0 Å². The first kappa shape index (κ1) is 12.5. The zero-order chi connectivity index (χ0) is 13.3. The molecular weight excluding hydrogens is 235 g/mol. The van der Waals surface area contributed by atoms with Gasteiger partial charge in [0.25, 0.3) is 5.91 Å². The zero-order valence-corrected chi connectivity index (χ0v) is 10.4. The molecule has 96 valence electrons. The predicted molar refractivity (Wildman–Crippen MR) is 64.5 cm³/mol. The highest BCUT2D eigenvalue weighted by Gasteiger charge is 2.40. The zero-order valence-electron chi connectivity index (χ0n) is 10.4. The van der Waals surface area contributed by atoms with Crippen LogP contribution in [0.1, 0.15) is 24.2 Å². The quantitative estimate of drug-likeness (QED) is 0.813. The number of hydrogen-bond donors (Lipinski definition) is 1. The highest BCUT2D eigenvalue weighted by atomic mass is 19.1. The van der Waals surface area contributed by atoms with Crippen molar-refractivity contribution >= 4 is 11.8 Å². The van der Waals surface area contributed by atoms with Crippen molar-refractivity contribution < 1.29 is 14.0 Å². The second-order valence-corrected chi connectivity index (χ2v) is 4.78. The van der Waals surface area contributed by atoms with Gasteiger partial charge in [-0.15, -0.1) is 0 Å². The van der Waals surface area contributed by atoms with E-state index in [1.165, 1.54) is 29.2 Å². The van der Waals surface area contributed by atoms with Gasteiger partial charge in [-0.25, -0.2) is 4.39 Å². The van der Waals surface area contributed by atoms with Crippen LogP contribution in [0, 0.1) is 5.82 Å². The Morgan fingerprint density at radius 1 is 1.33 bits per heavy atom. The van der Waals surface area contributed by atoms with Gasteiger partial charge in [0.05, 0.1) is 0 Å². The number of amides is 2. The number of carbonyl (C=O) groups is 2. The van der Waals surface area contributed by atoms with Gasteiger partial charge in [-0.3, -0.25) is 9.59 Å². The van der Waals surface area contributed by atoms with Crippen molar-refractivity contribution in [3.63, 3.8) is 0 Å². The van der Waals surface area contributed by atoms with Crippen molar-refractivity contribution in [2.75, 3.05) is 13.1 Å². The van der Waals surface area contributed by atoms with E-state index in [0.29, 0.717) is 18.7 Å². The molecule has 0 spiro atoms. The Morgan fingerprint density at radius 3 is 2.56 bits per heavy atom. The molecule has 0 unspecified atom stereocenters. The molecule has 1 aliphatic rings. The topological polar surface area (TPSA) is 49.4 Å². The third kappa shape index (κ3) is 2.08. The molecule has 4 nitrogen and oxygen atoms in total. The molecule has 2 rings (SSSR count). The molecule has 2 amide bonds. The Morgan fingerprint density at radius 2 is 1.94 bits per heavy atom. The molecule has 0 saturated carbocycles. The summed E-state index contributed by atoms with van der Waals surface area (Å²) in [6.07, 6.45) is 0. The molecule has 1 saturated heterocycles. The van der Waals surface area contributed by atoms with E-state index in [9.17, 15) is 14.0 Å². The van der Waals surface area contributed by atoms with Crippen LogP contribution < -0.4 is 5.32 Å². The normalized spacial score (nSPS) is 18.4. The fourth-order valence-corrected chi connectivity index (χ4v) is 2.00. The monoisotopic (exact) mass is 250 g/mol. The lowest BCUT2D eigenvalue weighted by Gasteiger charge is -2.41. The van der Waals surface area contributed by atoms with Gasteiger partial charge in [0.1, 0.15) is 11.4 Å². The van der Waals surface area contributed by atoms with E-state index in [4.69, 9.17) is 0 Å². The largest absolute Gasteiger partial charge is 0.352 e. The fraction of sp³-hybridized carbons (Fsp3) is 0.385. The minimum absolute atomic E-state index is 0.177. The van der Waals surface area contributed by atoms with Gasteiger partial charge in [-0.05, 0) is 38.1 Å². The van der Waals surface area contributed by atoms with E-state index in [1.807, 2.05) is 0 Å².